The molecule has 0 aliphatic carbocycles. The lowest BCUT2D eigenvalue weighted by Gasteiger charge is -2.50. The van der Waals surface area contributed by atoms with Crippen molar-refractivity contribution in [2.45, 2.75) is 44.1 Å². The summed E-state index contributed by atoms with van der Waals surface area (Å²) in [5.74, 6) is 0. The van der Waals surface area contributed by atoms with E-state index in [2.05, 4.69) is 18.7 Å². The number of nitrogens with zero attached hydrogens (tertiary/aromatic N) is 1. The largest absolute Gasteiger partial charge is 0.377 e. The minimum absolute atomic E-state index is 0.110. The van der Waals surface area contributed by atoms with E-state index in [-0.39, 0.29) is 17.4 Å². The van der Waals surface area contributed by atoms with Crippen LogP contribution in [0.4, 0.5) is 0 Å². The van der Waals surface area contributed by atoms with Gasteiger partial charge in [0.2, 0.25) is 0 Å². The maximum Gasteiger partial charge on any atom is 0.176 e. The second kappa shape index (κ2) is 6.30. The topological polar surface area (TPSA) is 57.0 Å². The summed E-state index contributed by atoms with van der Waals surface area (Å²) in [4.78, 5) is 2.33. The van der Waals surface area contributed by atoms with Crippen LogP contribution in [0.2, 0.25) is 0 Å². The van der Waals surface area contributed by atoms with Crippen molar-refractivity contribution in [2.24, 2.45) is 5.73 Å². The zero-order valence-electron chi connectivity index (χ0n) is 12.4. The summed E-state index contributed by atoms with van der Waals surface area (Å²) in [7, 11) is 5.08. The summed E-state index contributed by atoms with van der Waals surface area (Å²) in [5, 5.41) is 0. The second-order valence-electron chi connectivity index (χ2n) is 5.54. The quantitative estimate of drug-likeness (QED) is 0.717. The Kier molecular flexibility index (Phi) is 5.55. The minimum atomic E-state index is -0.332. The molecule has 1 aliphatic heterocycles. The van der Waals surface area contributed by atoms with Gasteiger partial charge >= 0.3 is 0 Å². The molecular weight excluding hydrogens is 232 g/mol. The highest BCUT2D eigenvalue weighted by Gasteiger charge is 2.44. The normalized spacial score (nSPS) is 29.5. The van der Waals surface area contributed by atoms with E-state index in [0.717, 1.165) is 25.9 Å². The molecule has 5 nitrogen and oxygen atoms in total. The van der Waals surface area contributed by atoms with Crippen LogP contribution in [0.25, 0.3) is 0 Å². The summed E-state index contributed by atoms with van der Waals surface area (Å²) >= 11 is 0. The molecule has 1 rings (SSSR count). The van der Waals surface area contributed by atoms with Crippen molar-refractivity contribution in [3.05, 3.63) is 0 Å². The summed E-state index contributed by atoms with van der Waals surface area (Å²) in [6.45, 7) is 6.56. The molecule has 1 fully saturated rings. The Labute approximate surface area is 111 Å². The van der Waals surface area contributed by atoms with Gasteiger partial charge in [-0.3, -0.25) is 4.90 Å². The van der Waals surface area contributed by atoms with Crippen LogP contribution in [-0.4, -0.2) is 63.3 Å². The van der Waals surface area contributed by atoms with E-state index in [1.165, 1.54) is 0 Å². The Morgan fingerprint density at radius 3 is 2.39 bits per heavy atom. The van der Waals surface area contributed by atoms with Crippen molar-refractivity contribution < 1.29 is 14.2 Å². The van der Waals surface area contributed by atoms with Crippen LogP contribution in [-0.2, 0) is 14.2 Å². The molecular formula is C13H28N2O3. The molecule has 2 atom stereocenters. The molecule has 0 aromatic heterocycles. The first-order chi connectivity index (χ1) is 8.45. The molecule has 0 amide bonds. The lowest BCUT2D eigenvalue weighted by Crippen LogP contribution is -2.65. The van der Waals surface area contributed by atoms with Crippen LogP contribution in [0.3, 0.4) is 0 Å². The van der Waals surface area contributed by atoms with E-state index in [4.69, 9.17) is 19.9 Å². The predicted molar refractivity (Wildman–Crippen MR) is 71.5 cm³/mol. The van der Waals surface area contributed by atoms with Gasteiger partial charge in [-0.25, -0.2) is 0 Å². The smallest absolute Gasteiger partial charge is 0.176 e. The molecule has 0 aromatic carbocycles. The molecule has 0 aromatic rings. The Morgan fingerprint density at radius 1 is 1.33 bits per heavy atom. The lowest BCUT2D eigenvalue weighted by atomic mass is 9.89. The van der Waals surface area contributed by atoms with Crippen molar-refractivity contribution in [3.63, 3.8) is 0 Å². The third-order valence-corrected chi connectivity index (χ3v) is 4.22. The molecule has 0 radical (unpaired) electrons. The van der Waals surface area contributed by atoms with E-state index in [9.17, 15) is 0 Å². The van der Waals surface area contributed by atoms with Gasteiger partial charge in [-0.1, -0.05) is 0 Å². The van der Waals surface area contributed by atoms with Crippen LogP contribution >= 0.6 is 0 Å². The second-order valence-corrected chi connectivity index (χ2v) is 5.54. The van der Waals surface area contributed by atoms with E-state index in [1.807, 2.05) is 0 Å². The third-order valence-electron chi connectivity index (χ3n) is 4.22. The van der Waals surface area contributed by atoms with Crippen LogP contribution in [0.15, 0.2) is 0 Å². The summed E-state index contributed by atoms with van der Waals surface area (Å²) in [6, 6.07) is 0. The van der Waals surface area contributed by atoms with E-state index in [1.54, 1.807) is 21.3 Å². The SMILES string of the molecule is COC(OC)C(C)(CN)N1CCCC(C)(OC)C1. The monoisotopic (exact) mass is 260 g/mol. The number of likely N-dealkylation sites (tertiary alicyclic amines) is 1. The predicted octanol–water partition coefficient (Wildman–Crippen LogP) is 0.824. The summed E-state index contributed by atoms with van der Waals surface area (Å²) in [6.07, 6.45) is 1.84. The first kappa shape index (κ1) is 15.9. The van der Waals surface area contributed by atoms with Gasteiger partial charge in [0.25, 0.3) is 0 Å². The molecule has 0 saturated carbocycles. The average molecular weight is 260 g/mol. The van der Waals surface area contributed by atoms with Crippen molar-refractivity contribution in [3.8, 4) is 0 Å². The van der Waals surface area contributed by atoms with Gasteiger partial charge in [-0.2, -0.15) is 0 Å². The van der Waals surface area contributed by atoms with Crippen molar-refractivity contribution in [2.75, 3.05) is 41.0 Å². The van der Waals surface area contributed by atoms with Crippen molar-refractivity contribution >= 4 is 0 Å². The number of nitrogens with two attached hydrogens (primary N) is 1. The molecule has 108 valence electrons. The molecule has 1 aliphatic rings. The molecule has 2 N–H and O–H groups in total. The highest BCUT2D eigenvalue weighted by atomic mass is 16.7. The van der Waals surface area contributed by atoms with Crippen molar-refractivity contribution in [1.29, 1.82) is 0 Å². The Balaban J connectivity index is 2.87. The van der Waals surface area contributed by atoms with Gasteiger partial charge in [-0.15, -0.1) is 0 Å². The third kappa shape index (κ3) is 3.03. The number of ether oxygens (including phenoxy) is 3. The van der Waals surface area contributed by atoms with Crippen LogP contribution < -0.4 is 5.73 Å². The fourth-order valence-electron chi connectivity index (χ4n) is 2.79. The molecule has 1 heterocycles. The zero-order chi connectivity index (χ0) is 13.8. The molecule has 2 unspecified atom stereocenters. The first-order valence-corrected chi connectivity index (χ1v) is 6.51. The maximum atomic E-state index is 5.98. The summed E-state index contributed by atoms with van der Waals surface area (Å²) in [5.41, 5.74) is 5.54. The van der Waals surface area contributed by atoms with Crippen molar-refractivity contribution in [1.82, 2.24) is 4.90 Å². The fourth-order valence-corrected chi connectivity index (χ4v) is 2.79. The first-order valence-electron chi connectivity index (χ1n) is 6.51. The van der Waals surface area contributed by atoms with Gasteiger partial charge in [0.15, 0.2) is 6.29 Å². The summed E-state index contributed by atoms with van der Waals surface area (Å²) < 4.78 is 16.5. The molecule has 18 heavy (non-hydrogen) atoms. The number of hydrogen-bond donors (Lipinski definition) is 1. The zero-order valence-corrected chi connectivity index (χ0v) is 12.4. The Hall–Kier alpha value is -0.200. The molecule has 1 saturated heterocycles. The lowest BCUT2D eigenvalue weighted by molar-refractivity contribution is -0.196. The van der Waals surface area contributed by atoms with Crippen LogP contribution in [0, 0.1) is 0 Å². The molecule has 0 spiro atoms. The maximum absolute atomic E-state index is 5.98. The number of rotatable bonds is 6. The standard InChI is InChI=1S/C13H28N2O3/c1-12(18-5)7-6-8-15(10-12)13(2,9-14)11(16-3)17-4/h11H,6-10,14H2,1-5H3. The van der Waals surface area contributed by atoms with Gasteiger partial charge in [0.05, 0.1) is 11.1 Å². The minimum Gasteiger partial charge on any atom is -0.377 e. The molecule has 0 bridgehead atoms. The average Bonchev–Trinajstić information content (AvgIpc) is 2.39. The number of piperidine rings is 1. The Morgan fingerprint density at radius 2 is 1.94 bits per heavy atom. The van der Waals surface area contributed by atoms with Gasteiger partial charge in [0.1, 0.15) is 0 Å². The van der Waals surface area contributed by atoms with Crippen LogP contribution in [0.1, 0.15) is 26.7 Å². The van der Waals surface area contributed by atoms with E-state index < -0.39 is 0 Å². The van der Waals surface area contributed by atoms with Gasteiger partial charge < -0.3 is 19.9 Å². The highest BCUT2D eigenvalue weighted by Crippen LogP contribution is 2.31. The van der Waals surface area contributed by atoms with Gasteiger partial charge in [0, 0.05) is 34.4 Å². The number of hydrogen-bond acceptors (Lipinski definition) is 5. The molecule has 5 heteroatoms. The fraction of sp³-hybridized carbons (Fsp3) is 1.00. The van der Waals surface area contributed by atoms with Crippen LogP contribution in [0.5, 0.6) is 0 Å². The highest BCUT2D eigenvalue weighted by molar-refractivity contribution is 4.97. The van der Waals surface area contributed by atoms with E-state index in [0.29, 0.717) is 6.54 Å². The van der Waals surface area contributed by atoms with Gasteiger partial charge in [-0.05, 0) is 33.2 Å². The van der Waals surface area contributed by atoms with E-state index >= 15 is 0 Å². The Bertz CT molecular complexity index is 261. The number of methoxy groups -OCH3 is 3.